The number of alkyl halides is 2. The highest BCUT2D eigenvalue weighted by molar-refractivity contribution is 5.93. The minimum Gasteiger partial charge on any atom is -0.435 e. The fourth-order valence-electron chi connectivity index (χ4n) is 2.51. The van der Waals surface area contributed by atoms with Crippen molar-refractivity contribution in [1.29, 1.82) is 0 Å². The van der Waals surface area contributed by atoms with Crippen LogP contribution in [-0.4, -0.2) is 40.1 Å². The van der Waals surface area contributed by atoms with Gasteiger partial charge in [-0.05, 0) is 37.6 Å². The molecule has 3 N–H and O–H groups in total. The number of nitrogens with zero attached hydrogens (tertiary/aromatic N) is 3. The number of hydrogen-bond donors (Lipinski definition) is 2. The summed E-state index contributed by atoms with van der Waals surface area (Å²) < 4.78 is 30.2. The number of halogens is 2. The molecule has 26 heavy (non-hydrogen) atoms. The molecule has 1 aromatic heterocycles. The van der Waals surface area contributed by atoms with E-state index in [1.165, 1.54) is 16.8 Å². The first-order chi connectivity index (χ1) is 12.5. The minimum atomic E-state index is -2.88. The first kappa shape index (κ1) is 19.8. The maximum absolute atomic E-state index is 12.4. The van der Waals surface area contributed by atoms with Gasteiger partial charge >= 0.3 is 6.61 Å². The average Bonchev–Trinajstić information content (AvgIpc) is 3.00. The van der Waals surface area contributed by atoms with Gasteiger partial charge in [-0.1, -0.05) is 25.0 Å². The molecule has 7 nitrogen and oxygen atoms in total. The van der Waals surface area contributed by atoms with Gasteiger partial charge in [0.15, 0.2) is 5.69 Å². The smallest absolute Gasteiger partial charge is 0.387 e. The molecule has 1 unspecified atom stereocenters. The molecule has 0 aliphatic heterocycles. The van der Waals surface area contributed by atoms with E-state index in [9.17, 15) is 13.6 Å². The first-order valence-corrected chi connectivity index (χ1v) is 8.44. The van der Waals surface area contributed by atoms with E-state index in [1.807, 2.05) is 0 Å². The van der Waals surface area contributed by atoms with Gasteiger partial charge in [-0.15, -0.1) is 5.10 Å². The summed E-state index contributed by atoms with van der Waals surface area (Å²) in [6.45, 7) is 1.25. The maximum atomic E-state index is 12.4. The van der Waals surface area contributed by atoms with Crippen molar-refractivity contribution < 1.29 is 18.3 Å². The van der Waals surface area contributed by atoms with E-state index in [4.69, 9.17) is 5.73 Å². The Hall–Kier alpha value is -2.55. The molecule has 2 rings (SSSR count). The fraction of sp³-hybridized carbons (Fsp3) is 0.471. The molecule has 0 radical (unpaired) electrons. The van der Waals surface area contributed by atoms with Gasteiger partial charge in [0, 0.05) is 12.6 Å². The normalized spacial score (nSPS) is 12.2. The summed E-state index contributed by atoms with van der Waals surface area (Å²) in [5.74, 6) is -0.292. The van der Waals surface area contributed by atoms with Gasteiger partial charge in [0.25, 0.3) is 5.91 Å². The van der Waals surface area contributed by atoms with Crippen molar-refractivity contribution in [3.05, 3.63) is 35.7 Å². The zero-order chi connectivity index (χ0) is 19.1. The Morgan fingerprint density at radius 1 is 1.35 bits per heavy atom. The molecule has 0 aliphatic rings. The van der Waals surface area contributed by atoms with Crippen LogP contribution in [0.5, 0.6) is 5.75 Å². The van der Waals surface area contributed by atoms with Crippen LogP contribution in [0.1, 0.15) is 42.4 Å². The predicted octanol–water partition coefficient (Wildman–Crippen LogP) is 2.42. The molecular weight excluding hydrogens is 344 g/mol. The fourth-order valence-corrected chi connectivity index (χ4v) is 2.51. The van der Waals surface area contributed by atoms with Crippen LogP contribution in [-0.2, 0) is 0 Å². The largest absolute Gasteiger partial charge is 0.435 e. The lowest BCUT2D eigenvalue weighted by atomic mass is 10.1. The summed E-state index contributed by atoms with van der Waals surface area (Å²) in [6, 6.07) is 5.81. The number of nitrogens with two attached hydrogens (primary N) is 1. The van der Waals surface area contributed by atoms with Crippen molar-refractivity contribution in [3.8, 4) is 11.4 Å². The third-order valence-corrected chi connectivity index (χ3v) is 3.94. The third-order valence-electron chi connectivity index (χ3n) is 3.94. The molecule has 9 heteroatoms. The van der Waals surface area contributed by atoms with Crippen molar-refractivity contribution in [2.24, 2.45) is 5.73 Å². The van der Waals surface area contributed by atoms with E-state index in [2.05, 4.69) is 27.3 Å². The molecule has 0 saturated heterocycles. The van der Waals surface area contributed by atoms with Crippen LogP contribution in [0.3, 0.4) is 0 Å². The number of aromatic nitrogens is 3. The third kappa shape index (κ3) is 4.98. The maximum Gasteiger partial charge on any atom is 0.387 e. The van der Waals surface area contributed by atoms with E-state index in [0.717, 1.165) is 19.3 Å². The molecule has 142 valence electrons. The quantitative estimate of drug-likeness (QED) is 0.710. The minimum absolute atomic E-state index is 0.0428. The molecule has 1 heterocycles. The lowest BCUT2D eigenvalue weighted by Gasteiger charge is -2.15. The summed E-state index contributed by atoms with van der Waals surface area (Å²) in [5.41, 5.74) is 7.02. The summed E-state index contributed by atoms with van der Waals surface area (Å²) >= 11 is 0. The van der Waals surface area contributed by atoms with Gasteiger partial charge in [-0.3, -0.25) is 4.79 Å². The van der Waals surface area contributed by atoms with Crippen molar-refractivity contribution in [2.45, 2.75) is 45.8 Å². The van der Waals surface area contributed by atoms with Crippen LogP contribution >= 0.6 is 0 Å². The number of hydrogen-bond acceptors (Lipinski definition) is 5. The van der Waals surface area contributed by atoms with Gasteiger partial charge < -0.3 is 15.8 Å². The number of benzene rings is 1. The van der Waals surface area contributed by atoms with Crippen molar-refractivity contribution in [3.63, 3.8) is 0 Å². The van der Waals surface area contributed by atoms with Crippen molar-refractivity contribution in [1.82, 2.24) is 20.3 Å². The zero-order valence-corrected chi connectivity index (χ0v) is 14.8. The molecule has 0 bridgehead atoms. The molecule has 0 spiro atoms. The lowest BCUT2D eigenvalue weighted by Crippen LogP contribution is -2.40. The van der Waals surface area contributed by atoms with E-state index in [-0.39, 0.29) is 23.4 Å². The Kier molecular flexibility index (Phi) is 7.02. The second kappa shape index (κ2) is 9.23. The summed E-state index contributed by atoms with van der Waals surface area (Å²) in [5, 5.41) is 10.8. The highest BCUT2D eigenvalue weighted by Crippen LogP contribution is 2.18. The number of ether oxygens (including phenoxy) is 1. The molecular formula is C17H23F2N5O2. The second-order valence-corrected chi connectivity index (χ2v) is 5.86. The monoisotopic (exact) mass is 367 g/mol. The molecule has 0 aliphatic carbocycles. The van der Waals surface area contributed by atoms with Gasteiger partial charge in [0.1, 0.15) is 5.75 Å². The van der Waals surface area contributed by atoms with Crippen LogP contribution in [0.4, 0.5) is 8.78 Å². The van der Waals surface area contributed by atoms with Crippen LogP contribution in [0, 0.1) is 6.92 Å². The Morgan fingerprint density at radius 3 is 2.62 bits per heavy atom. The standard InChI is InChI=1S/C17H23F2N5O2/c1-3-4-5-12(10-20)21-16(25)15-11(2)24(23-22-15)13-6-8-14(9-7-13)26-17(18)19/h6-9,12,17H,3-5,10,20H2,1-2H3,(H,21,25). The summed E-state index contributed by atoms with van der Waals surface area (Å²) in [4.78, 5) is 12.4. The van der Waals surface area contributed by atoms with Crippen molar-refractivity contribution >= 4 is 5.91 Å². The lowest BCUT2D eigenvalue weighted by molar-refractivity contribution is -0.0498. The van der Waals surface area contributed by atoms with Crippen LogP contribution < -0.4 is 15.8 Å². The number of nitrogens with one attached hydrogen (secondary N) is 1. The van der Waals surface area contributed by atoms with E-state index in [1.54, 1.807) is 19.1 Å². The molecule has 2 aromatic rings. The summed E-state index contributed by atoms with van der Waals surface area (Å²) in [6.07, 6.45) is 2.80. The molecule has 1 aromatic carbocycles. The number of rotatable bonds is 9. The van der Waals surface area contributed by atoms with Gasteiger partial charge in [-0.25, -0.2) is 4.68 Å². The Bertz CT molecular complexity index is 718. The average molecular weight is 367 g/mol. The topological polar surface area (TPSA) is 95.1 Å². The number of carbonyl (C=O) groups is 1. The van der Waals surface area contributed by atoms with E-state index >= 15 is 0 Å². The SMILES string of the molecule is CCCCC(CN)NC(=O)c1nnn(-c2ccc(OC(F)F)cc2)c1C. The Balaban J connectivity index is 2.12. The zero-order valence-electron chi connectivity index (χ0n) is 14.8. The molecule has 1 atom stereocenters. The van der Waals surface area contributed by atoms with Gasteiger partial charge in [0.05, 0.1) is 11.4 Å². The number of unbranched alkanes of at least 4 members (excludes halogenated alkanes) is 1. The predicted molar refractivity (Wildman–Crippen MR) is 92.6 cm³/mol. The van der Waals surface area contributed by atoms with E-state index in [0.29, 0.717) is 17.9 Å². The number of amides is 1. The van der Waals surface area contributed by atoms with Crippen molar-refractivity contribution in [2.75, 3.05) is 6.54 Å². The summed E-state index contributed by atoms with van der Waals surface area (Å²) in [7, 11) is 0. The highest BCUT2D eigenvalue weighted by atomic mass is 19.3. The first-order valence-electron chi connectivity index (χ1n) is 8.44. The molecule has 1 amide bonds. The van der Waals surface area contributed by atoms with Crippen LogP contribution in [0.2, 0.25) is 0 Å². The highest BCUT2D eigenvalue weighted by Gasteiger charge is 2.20. The van der Waals surface area contributed by atoms with Gasteiger partial charge in [0.2, 0.25) is 0 Å². The second-order valence-electron chi connectivity index (χ2n) is 5.86. The van der Waals surface area contributed by atoms with Crippen LogP contribution in [0.15, 0.2) is 24.3 Å². The molecule has 0 fully saturated rings. The molecule has 0 saturated carbocycles. The Morgan fingerprint density at radius 2 is 2.04 bits per heavy atom. The van der Waals surface area contributed by atoms with Gasteiger partial charge in [-0.2, -0.15) is 8.78 Å². The van der Waals surface area contributed by atoms with Crippen LogP contribution in [0.25, 0.3) is 5.69 Å². The van der Waals surface area contributed by atoms with E-state index < -0.39 is 6.61 Å². The number of carbonyl (C=O) groups excluding carboxylic acids is 1. The Labute approximate surface area is 150 Å².